The molecule has 1 nitrogen and oxygen atoms in total. The lowest BCUT2D eigenvalue weighted by atomic mass is 10.2. The molecular weight excluding hydrogens is 274 g/mol. The highest BCUT2D eigenvalue weighted by Gasteiger charge is 2.09. The van der Waals surface area contributed by atoms with Crippen molar-refractivity contribution in [1.29, 1.82) is 0 Å². The molecule has 0 bridgehead atoms. The van der Waals surface area contributed by atoms with E-state index in [9.17, 15) is 0 Å². The number of rotatable bonds is 4. The molecule has 0 atom stereocenters. The number of benzene rings is 3. The van der Waals surface area contributed by atoms with Gasteiger partial charge < -0.3 is 4.90 Å². The second-order valence-electron chi connectivity index (χ2n) is 4.78. The van der Waals surface area contributed by atoms with Gasteiger partial charge in [0, 0.05) is 22.5 Å². The molecule has 0 saturated carbocycles. The van der Waals surface area contributed by atoms with Crippen LogP contribution in [0, 0.1) is 0 Å². The molecule has 21 heavy (non-hydrogen) atoms. The van der Waals surface area contributed by atoms with E-state index in [1.165, 1.54) is 21.2 Å². The monoisotopic (exact) mass is 291 g/mol. The van der Waals surface area contributed by atoms with Crippen molar-refractivity contribution in [3.63, 3.8) is 0 Å². The number of nitrogens with zero attached hydrogens (tertiary/aromatic N) is 1. The van der Waals surface area contributed by atoms with Crippen LogP contribution in [0.2, 0.25) is 0 Å². The summed E-state index contributed by atoms with van der Waals surface area (Å²) in [5.41, 5.74) is 2.41. The van der Waals surface area contributed by atoms with Crippen molar-refractivity contribution in [2.45, 2.75) is 9.79 Å². The summed E-state index contributed by atoms with van der Waals surface area (Å²) >= 11 is 1.80. The molecule has 0 saturated heterocycles. The van der Waals surface area contributed by atoms with E-state index in [2.05, 4.69) is 84.7 Å². The first kappa shape index (κ1) is 13.8. The van der Waals surface area contributed by atoms with Gasteiger partial charge in [-0.2, -0.15) is 0 Å². The van der Waals surface area contributed by atoms with Crippen molar-refractivity contribution in [3.8, 4) is 0 Å². The summed E-state index contributed by atoms with van der Waals surface area (Å²) in [5, 5.41) is 0. The van der Waals surface area contributed by atoms with E-state index in [0.717, 1.165) is 0 Å². The van der Waals surface area contributed by atoms with Crippen LogP contribution in [0.25, 0.3) is 0 Å². The quantitative estimate of drug-likeness (QED) is 0.615. The molecule has 2 heteroatoms. The predicted octanol–water partition coefficient (Wildman–Crippen LogP) is 5.61. The van der Waals surface area contributed by atoms with Gasteiger partial charge >= 0.3 is 0 Å². The smallest absolute Gasteiger partial charge is 0.0549 e. The standard InChI is InChI=1S/C19H17NS/c1-20(16-10-4-2-5-11-16)18-14-8-9-15-19(18)21-17-12-6-3-7-13-17/h2-15H,1H3. The van der Waals surface area contributed by atoms with E-state index in [0.29, 0.717) is 0 Å². The van der Waals surface area contributed by atoms with E-state index in [1.807, 2.05) is 12.1 Å². The summed E-state index contributed by atoms with van der Waals surface area (Å²) in [5.74, 6) is 0. The highest BCUT2D eigenvalue weighted by atomic mass is 32.2. The van der Waals surface area contributed by atoms with E-state index in [1.54, 1.807) is 11.8 Å². The normalized spacial score (nSPS) is 10.3. The van der Waals surface area contributed by atoms with Crippen molar-refractivity contribution in [2.75, 3.05) is 11.9 Å². The molecule has 0 aliphatic rings. The molecule has 0 aliphatic heterocycles. The van der Waals surface area contributed by atoms with E-state index in [-0.39, 0.29) is 0 Å². The molecule has 0 heterocycles. The Labute approximate surface area is 130 Å². The average Bonchev–Trinajstić information content (AvgIpc) is 2.56. The summed E-state index contributed by atoms with van der Waals surface area (Å²) in [7, 11) is 2.11. The Morgan fingerprint density at radius 1 is 0.667 bits per heavy atom. The molecule has 0 N–H and O–H groups in total. The summed E-state index contributed by atoms with van der Waals surface area (Å²) in [6, 6.07) is 29.4. The maximum Gasteiger partial charge on any atom is 0.0549 e. The Hall–Kier alpha value is -2.19. The zero-order chi connectivity index (χ0) is 14.5. The van der Waals surface area contributed by atoms with Crippen LogP contribution >= 0.6 is 11.8 Å². The Morgan fingerprint density at radius 3 is 1.95 bits per heavy atom. The third-order valence-electron chi connectivity index (χ3n) is 3.34. The third kappa shape index (κ3) is 3.29. The van der Waals surface area contributed by atoms with E-state index < -0.39 is 0 Å². The lowest BCUT2D eigenvalue weighted by Gasteiger charge is -2.22. The summed E-state index contributed by atoms with van der Waals surface area (Å²) < 4.78 is 0. The third-order valence-corrected chi connectivity index (χ3v) is 4.41. The van der Waals surface area contributed by atoms with Crippen molar-refractivity contribution < 1.29 is 0 Å². The molecule has 0 aromatic heterocycles. The fourth-order valence-electron chi connectivity index (χ4n) is 2.23. The highest BCUT2D eigenvalue weighted by molar-refractivity contribution is 7.99. The summed E-state index contributed by atoms with van der Waals surface area (Å²) in [6.07, 6.45) is 0. The summed E-state index contributed by atoms with van der Waals surface area (Å²) in [4.78, 5) is 4.74. The molecule has 0 aliphatic carbocycles. The molecule has 0 spiro atoms. The van der Waals surface area contributed by atoms with Gasteiger partial charge in [0.25, 0.3) is 0 Å². The van der Waals surface area contributed by atoms with Gasteiger partial charge in [0.2, 0.25) is 0 Å². The van der Waals surface area contributed by atoms with Gasteiger partial charge in [-0.05, 0) is 36.4 Å². The maximum atomic E-state index is 2.23. The minimum Gasteiger partial charge on any atom is -0.344 e. The molecule has 0 fully saturated rings. The number of para-hydroxylation sites is 2. The van der Waals surface area contributed by atoms with Crippen LogP contribution in [-0.4, -0.2) is 7.05 Å². The lowest BCUT2D eigenvalue weighted by Crippen LogP contribution is -2.10. The number of hydrogen-bond acceptors (Lipinski definition) is 2. The van der Waals surface area contributed by atoms with Gasteiger partial charge in [0.15, 0.2) is 0 Å². The lowest BCUT2D eigenvalue weighted by molar-refractivity contribution is 1.17. The molecule has 3 aromatic rings. The number of hydrogen-bond donors (Lipinski definition) is 0. The topological polar surface area (TPSA) is 3.24 Å². The fraction of sp³-hybridized carbons (Fsp3) is 0.0526. The fourth-order valence-corrected chi connectivity index (χ4v) is 3.23. The highest BCUT2D eigenvalue weighted by Crippen LogP contribution is 2.37. The van der Waals surface area contributed by atoms with Crippen LogP contribution in [0.4, 0.5) is 11.4 Å². The predicted molar refractivity (Wildman–Crippen MR) is 91.5 cm³/mol. The summed E-state index contributed by atoms with van der Waals surface area (Å²) in [6.45, 7) is 0. The first-order valence-electron chi connectivity index (χ1n) is 6.95. The molecular formula is C19H17NS. The van der Waals surface area contributed by atoms with E-state index >= 15 is 0 Å². The van der Waals surface area contributed by atoms with Crippen molar-refractivity contribution in [1.82, 2.24) is 0 Å². The Kier molecular flexibility index (Phi) is 4.27. The second kappa shape index (κ2) is 6.51. The van der Waals surface area contributed by atoms with Crippen molar-refractivity contribution in [2.24, 2.45) is 0 Å². The van der Waals surface area contributed by atoms with Crippen LogP contribution < -0.4 is 4.90 Å². The van der Waals surface area contributed by atoms with Gasteiger partial charge in [0.05, 0.1) is 5.69 Å². The molecule has 3 aromatic carbocycles. The van der Waals surface area contributed by atoms with Gasteiger partial charge in [-0.3, -0.25) is 0 Å². The maximum absolute atomic E-state index is 2.23. The van der Waals surface area contributed by atoms with Crippen LogP contribution in [-0.2, 0) is 0 Å². The molecule has 0 radical (unpaired) electrons. The molecule has 104 valence electrons. The molecule has 3 rings (SSSR count). The average molecular weight is 291 g/mol. The zero-order valence-corrected chi connectivity index (χ0v) is 12.8. The number of anilines is 2. The Bertz CT molecular complexity index is 695. The van der Waals surface area contributed by atoms with Gasteiger partial charge in [-0.25, -0.2) is 0 Å². The first-order chi connectivity index (χ1) is 10.3. The van der Waals surface area contributed by atoms with Crippen molar-refractivity contribution >= 4 is 23.1 Å². The van der Waals surface area contributed by atoms with Gasteiger partial charge in [-0.1, -0.05) is 60.3 Å². The largest absolute Gasteiger partial charge is 0.344 e. The van der Waals surface area contributed by atoms with E-state index in [4.69, 9.17) is 0 Å². The second-order valence-corrected chi connectivity index (χ2v) is 5.89. The Balaban J connectivity index is 1.93. The van der Waals surface area contributed by atoms with Crippen LogP contribution in [0.3, 0.4) is 0 Å². The minimum atomic E-state index is 1.19. The Morgan fingerprint density at radius 2 is 1.24 bits per heavy atom. The molecule has 0 unspecified atom stereocenters. The zero-order valence-electron chi connectivity index (χ0n) is 11.9. The van der Waals surface area contributed by atoms with Gasteiger partial charge in [0.1, 0.15) is 0 Å². The van der Waals surface area contributed by atoms with Crippen LogP contribution in [0.15, 0.2) is 94.7 Å². The SMILES string of the molecule is CN(c1ccccc1)c1ccccc1Sc1ccccc1. The first-order valence-corrected chi connectivity index (χ1v) is 7.77. The minimum absolute atomic E-state index is 1.19. The van der Waals surface area contributed by atoms with Gasteiger partial charge in [-0.15, -0.1) is 0 Å². The van der Waals surface area contributed by atoms with Crippen LogP contribution in [0.1, 0.15) is 0 Å². The molecule has 0 amide bonds. The van der Waals surface area contributed by atoms with Crippen molar-refractivity contribution in [3.05, 3.63) is 84.9 Å². The van der Waals surface area contributed by atoms with Crippen LogP contribution in [0.5, 0.6) is 0 Å².